The maximum atomic E-state index is 11.9. The number of carbonyl (C=O) groups is 1. The third-order valence-corrected chi connectivity index (χ3v) is 6.61. The standard InChI is InChI=1S/C31H26O3/c1-21(2)30(32)20-34-25-18-14-23(15-19-25)31(22-12-16-24(33-3)17-13-22)28-10-6-4-8-26(28)27-9-5-7-11-29(27)31/h4-19H,1,20H2,2-3H3. The highest BCUT2D eigenvalue weighted by Crippen LogP contribution is 2.56. The molecular weight excluding hydrogens is 420 g/mol. The smallest absolute Gasteiger partial charge is 0.195 e. The van der Waals surface area contributed by atoms with Crippen molar-refractivity contribution in [1.29, 1.82) is 0 Å². The van der Waals surface area contributed by atoms with Crippen molar-refractivity contribution in [3.8, 4) is 22.6 Å². The van der Waals surface area contributed by atoms with Gasteiger partial charge in [0.2, 0.25) is 0 Å². The van der Waals surface area contributed by atoms with Crippen molar-refractivity contribution in [2.45, 2.75) is 12.3 Å². The SMILES string of the molecule is C=C(C)C(=O)COc1ccc(C2(c3ccc(OC)cc3)c3ccccc3-c3ccccc32)cc1. The molecule has 4 aromatic carbocycles. The number of ketones is 1. The molecule has 1 aliphatic carbocycles. The van der Waals surface area contributed by atoms with Gasteiger partial charge in [-0.25, -0.2) is 0 Å². The van der Waals surface area contributed by atoms with Gasteiger partial charge in [-0.05, 0) is 70.1 Å². The molecule has 0 unspecified atom stereocenters. The summed E-state index contributed by atoms with van der Waals surface area (Å²) in [5.41, 5.74) is 7.27. The Labute approximate surface area is 200 Å². The van der Waals surface area contributed by atoms with Gasteiger partial charge in [-0.15, -0.1) is 0 Å². The van der Waals surface area contributed by atoms with Gasteiger partial charge in [-0.2, -0.15) is 0 Å². The molecule has 3 nitrogen and oxygen atoms in total. The van der Waals surface area contributed by atoms with Crippen LogP contribution in [0.2, 0.25) is 0 Å². The first-order valence-corrected chi connectivity index (χ1v) is 11.3. The number of ether oxygens (including phenoxy) is 2. The highest BCUT2D eigenvalue weighted by molar-refractivity contribution is 5.95. The minimum absolute atomic E-state index is 0.00995. The molecule has 0 heterocycles. The molecule has 0 saturated carbocycles. The van der Waals surface area contributed by atoms with Gasteiger partial charge in [0.1, 0.15) is 11.5 Å². The molecule has 34 heavy (non-hydrogen) atoms. The average molecular weight is 447 g/mol. The topological polar surface area (TPSA) is 35.5 Å². The highest BCUT2D eigenvalue weighted by Gasteiger charge is 2.45. The highest BCUT2D eigenvalue weighted by atomic mass is 16.5. The summed E-state index contributed by atoms with van der Waals surface area (Å²) in [5.74, 6) is 1.38. The Hall–Kier alpha value is -4.11. The Bertz CT molecular complexity index is 1320. The summed E-state index contributed by atoms with van der Waals surface area (Å²) < 4.78 is 11.2. The molecule has 0 fully saturated rings. The van der Waals surface area contributed by atoms with Gasteiger partial charge in [0.25, 0.3) is 0 Å². The second-order valence-electron chi connectivity index (χ2n) is 8.59. The van der Waals surface area contributed by atoms with Gasteiger partial charge in [0.15, 0.2) is 12.4 Å². The van der Waals surface area contributed by atoms with Crippen LogP contribution in [0.3, 0.4) is 0 Å². The Morgan fingerprint density at radius 3 is 1.68 bits per heavy atom. The number of methoxy groups -OCH3 is 1. The fourth-order valence-corrected chi connectivity index (χ4v) is 4.94. The lowest BCUT2D eigenvalue weighted by molar-refractivity contribution is -0.117. The molecule has 0 saturated heterocycles. The maximum Gasteiger partial charge on any atom is 0.195 e. The van der Waals surface area contributed by atoms with E-state index in [2.05, 4.69) is 79.4 Å². The summed E-state index contributed by atoms with van der Waals surface area (Å²) in [6.07, 6.45) is 0. The number of benzene rings is 4. The zero-order chi connectivity index (χ0) is 23.7. The Morgan fingerprint density at radius 1 is 0.735 bits per heavy atom. The monoisotopic (exact) mass is 446 g/mol. The van der Waals surface area contributed by atoms with Crippen LogP contribution in [0.25, 0.3) is 11.1 Å². The van der Waals surface area contributed by atoms with Crippen molar-refractivity contribution in [1.82, 2.24) is 0 Å². The Kier molecular flexibility index (Phi) is 5.54. The summed E-state index contributed by atoms with van der Waals surface area (Å²) in [4.78, 5) is 11.9. The first-order valence-electron chi connectivity index (χ1n) is 11.3. The Morgan fingerprint density at radius 2 is 1.21 bits per heavy atom. The summed E-state index contributed by atoms with van der Waals surface area (Å²) in [6.45, 7) is 5.38. The van der Waals surface area contributed by atoms with Crippen LogP contribution in [0.5, 0.6) is 11.5 Å². The van der Waals surface area contributed by atoms with Crippen LogP contribution in [-0.2, 0) is 10.2 Å². The second-order valence-corrected chi connectivity index (χ2v) is 8.59. The van der Waals surface area contributed by atoms with E-state index in [0.717, 1.165) is 16.9 Å². The van der Waals surface area contributed by atoms with Gasteiger partial charge in [0, 0.05) is 0 Å². The summed E-state index contributed by atoms with van der Waals surface area (Å²) in [5, 5.41) is 0. The van der Waals surface area contributed by atoms with Crippen LogP contribution in [0.1, 0.15) is 29.2 Å². The van der Waals surface area contributed by atoms with Crippen molar-refractivity contribution < 1.29 is 14.3 Å². The lowest BCUT2D eigenvalue weighted by Crippen LogP contribution is -2.28. The van der Waals surface area contributed by atoms with Crippen molar-refractivity contribution in [2.24, 2.45) is 0 Å². The second kappa shape index (κ2) is 8.68. The minimum atomic E-state index is -0.481. The number of carbonyl (C=O) groups excluding carboxylic acids is 1. The van der Waals surface area contributed by atoms with E-state index in [0.29, 0.717) is 11.3 Å². The lowest BCUT2D eigenvalue weighted by atomic mass is 9.68. The fraction of sp³-hybridized carbons (Fsp3) is 0.129. The first-order chi connectivity index (χ1) is 16.6. The first kappa shape index (κ1) is 21.7. The molecule has 4 aromatic rings. The molecular formula is C31H26O3. The van der Waals surface area contributed by atoms with E-state index in [4.69, 9.17) is 9.47 Å². The summed E-state index contributed by atoms with van der Waals surface area (Å²) >= 11 is 0. The molecule has 0 amide bonds. The quantitative estimate of drug-likeness (QED) is 0.265. The predicted octanol–water partition coefficient (Wildman–Crippen LogP) is 6.58. The number of hydrogen-bond donors (Lipinski definition) is 0. The molecule has 168 valence electrons. The van der Waals surface area contributed by atoms with Gasteiger partial charge in [-0.3, -0.25) is 4.79 Å². The molecule has 0 N–H and O–H groups in total. The van der Waals surface area contributed by atoms with Crippen LogP contribution in [0.4, 0.5) is 0 Å². The van der Waals surface area contributed by atoms with Crippen molar-refractivity contribution >= 4 is 5.78 Å². The molecule has 1 aliphatic rings. The molecule has 0 aromatic heterocycles. The van der Waals surface area contributed by atoms with E-state index < -0.39 is 5.41 Å². The van der Waals surface area contributed by atoms with E-state index in [1.165, 1.54) is 22.3 Å². The van der Waals surface area contributed by atoms with Crippen molar-refractivity contribution in [2.75, 3.05) is 13.7 Å². The van der Waals surface area contributed by atoms with E-state index in [9.17, 15) is 4.79 Å². The van der Waals surface area contributed by atoms with E-state index in [1.54, 1.807) is 14.0 Å². The number of Topliss-reactive ketones (excluding diaryl/α,β-unsaturated/α-hetero) is 1. The number of fused-ring (bicyclic) bond motifs is 3. The van der Waals surface area contributed by atoms with Gasteiger partial charge in [0.05, 0.1) is 12.5 Å². The molecule has 0 spiro atoms. The van der Waals surface area contributed by atoms with Crippen LogP contribution >= 0.6 is 0 Å². The molecule has 3 heteroatoms. The number of hydrogen-bond acceptors (Lipinski definition) is 3. The summed E-state index contributed by atoms with van der Waals surface area (Å²) in [6, 6.07) is 33.6. The largest absolute Gasteiger partial charge is 0.497 e. The maximum absolute atomic E-state index is 11.9. The van der Waals surface area contributed by atoms with E-state index in [-0.39, 0.29) is 12.4 Å². The summed E-state index contributed by atoms with van der Waals surface area (Å²) in [7, 11) is 1.68. The van der Waals surface area contributed by atoms with Gasteiger partial charge >= 0.3 is 0 Å². The number of rotatable bonds is 7. The van der Waals surface area contributed by atoms with E-state index >= 15 is 0 Å². The average Bonchev–Trinajstić information content (AvgIpc) is 3.19. The zero-order valence-electron chi connectivity index (χ0n) is 19.4. The van der Waals surface area contributed by atoms with Crippen molar-refractivity contribution in [3.05, 3.63) is 131 Å². The third kappa shape index (κ3) is 3.41. The van der Waals surface area contributed by atoms with Crippen molar-refractivity contribution in [3.63, 3.8) is 0 Å². The fourth-order valence-electron chi connectivity index (χ4n) is 4.94. The van der Waals surface area contributed by atoms with Gasteiger partial charge in [-0.1, -0.05) is 79.4 Å². The molecule has 0 atom stereocenters. The van der Waals surface area contributed by atoms with Crippen LogP contribution in [-0.4, -0.2) is 19.5 Å². The normalized spacial score (nSPS) is 13.0. The Balaban J connectivity index is 1.68. The van der Waals surface area contributed by atoms with Crippen LogP contribution in [0.15, 0.2) is 109 Å². The minimum Gasteiger partial charge on any atom is -0.497 e. The lowest BCUT2D eigenvalue weighted by Gasteiger charge is -2.34. The van der Waals surface area contributed by atoms with Crippen LogP contribution < -0.4 is 9.47 Å². The predicted molar refractivity (Wildman–Crippen MR) is 136 cm³/mol. The van der Waals surface area contributed by atoms with E-state index in [1.807, 2.05) is 24.3 Å². The molecule has 0 radical (unpaired) electrons. The molecule has 0 bridgehead atoms. The van der Waals surface area contributed by atoms with Gasteiger partial charge < -0.3 is 9.47 Å². The molecule has 0 aliphatic heterocycles. The molecule has 5 rings (SSSR count). The van der Waals surface area contributed by atoms with Crippen LogP contribution in [0, 0.1) is 0 Å². The third-order valence-electron chi connectivity index (χ3n) is 6.61. The zero-order valence-corrected chi connectivity index (χ0v) is 19.4.